The maximum Gasteiger partial charge on any atom is 0.192 e. The van der Waals surface area contributed by atoms with Crippen LogP contribution in [-0.2, 0) is 6.54 Å². The predicted molar refractivity (Wildman–Crippen MR) is 75.0 cm³/mol. The highest BCUT2D eigenvalue weighted by Gasteiger charge is 2.03. The van der Waals surface area contributed by atoms with Crippen molar-refractivity contribution in [2.24, 2.45) is 0 Å². The minimum absolute atomic E-state index is 0.690. The number of nitrogens with zero attached hydrogens (tertiary/aromatic N) is 2. The zero-order valence-electron chi connectivity index (χ0n) is 11.0. The van der Waals surface area contributed by atoms with Crippen LogP contribution in [0.2, 0.25) is 0 Å². The van der Waals surface area contributed by atoms with Gasteiger partial charge in [-0.2, -0.15) is 0 Å². The van der Waals surface area contributed by atoms with E-state index in [9.17, 15) is 0 Å². The van der Waals surface area contributed by atoms with Crippen LogP contribution in [0.15, 0.2) is 41.1 Å². The molecule has 2 heterocycles. The zero-order chi connectivity index (χ0) is 13.2. The normalized spacial score (nSPS) is 10.8. The van der Waals surface area contributed by atoms with Crippen LogP contribution in [0.25, 0.3) is 11.1 Å². The molecule has 1 aromatic carbocycles. The Bertz CT molecular complexity index is 718. The fourth-order valence-electron chi connectivity index (χ4n) is 2.03. The van der Waals surface area contributed by atoms with Gasteiger partial charge in [-0.1, -0.05) is 0 Å². The van der Waals surface area contributed by atoms with Gasteiger partial charge in [0.15, 0.2) is 11.5 Å². The van der Waals surface area contributed by atoms with Gasteiger partial charge in [0.2, 0.25) is 0 Å². The van der Waals surface area contributed by atoms with Crippen molar-refractivity contribution in [1.82, 2.24) is 9.97 Å². The summed E-state index contributed by atoms with van der Waals surface area (Å²) >= 11 is 0. The molecule has 3 aromatic rings. The van der Waals surface area contributed by atoms with Crippen molar-refractivity contribution in [3.63, 3.8) is 0 Å². The number of rotatable bonds is 3. The summed E-state index contributed by atoms with van der Waals surface area (Å²) < 4.78 is 5.46. The van der Waals surface area contributed by atoms with E-state index in [4.69, 9.17) is 4.42 Å². The van der Waals surface area contributed by atoms with Gasteiger partial charge in [-0.15, -0.1) is 0 Å². The molecule has 2 aromatic heterocycles. The largest absolute Gasteiger partial charge is 0.441 e. The molecule has 0 bridgehead atoms. The molecule has 3 rings (SSSR count). The lowest BCUT2D eigenvalue weighted by Gasteiger charge is -2.08. The first-order valence-corrected chi connectivity index (χ1v) is 6.23. The smallest absolute Gasteiger partial charge is 0.192 e. The Morgan fingerprint density at radius 2 is 2.11 bits per heavy atom. The first-order chi connectivity index (χ1) is 9.22. The molecule has 0 aliphatic heterocycles. The zero-order valence-corrected chi connectivity index (χ0v) is 11.0. The maximum atomic E-state index is 5.46. The third-order valence-electron chi connectivity index (χ3n) is 3.12. The van der Waals surface area contributed by atoms with E-state index in [-0.39, 0.29) is 0 Å². The monoisotopic (exact) mass is 253 g/mol. The van der Waals surface area contributed by atoms with Crippen molar-refractivity contribution in [3.8, 4) is 0 Å². The van der Waals surface area contributed by atoms with Crippen molar-refractivity contribution in [3.05, 3.63) is 53.7 Å². The van der Waals surface area contributed by atoms with E-state index in [1.165, 1.54) is 11.1 Å². The van der Waals surface area contributed by atoms with Crippen LogP contribution in [0.3, 0.4) is 0 Å². The Kier molecular flexibility index (Phi) is 2.91. The number of hydrogen-bond acceptors (Lipinski definition) is 4. The van der Waals surface area contributed by atoms with Crippen molar-refractivity contribution in [1.29, 1.82) is 0 Å². The summed E-state index contributed by atoms with van der Waals surface area (Å²) in [6.07, 6.45) is 3.70. The van der Waals surface area contributed by atoms with Crippen LogP contribution in [-0.4, -0.2) is 9.97 Å². The Balaban J connectivity index is 1.80. The molecule has 0 saturated heterocycles. The standard InChI is InChI=1S/C15H15N3O/c1-10-5-6-16-8-12(10)9-17-13-3-4-15-14(7-13)18-11(2)19-15/h3-8,17H,9H2,1-2H3. The van der Waals surface area contributed by atoms with Gasteiger partial charge in [-0.3, -0.25) is 4.98 Å². The second kappa shape index (κ2) is 4.72. The van der Waals surface area contributed by atoms with E-state index in [0.717, 1.165) is 23.3 Å². The highest BCUT2D eigenvalue weighted by atomic mass is 16.3. The maximum absolute atomic E-state index is 5.46. The Morgan fingerprint density at radius 3 is 2.95 bits per heavy atom. The van der Waals surface area contributed by atoms with Gasteiger partial charge in [-0.25, -0.2) is 4.98 Å². The van der Waals surface area contributed by atoms with Gasteiger partial charge >= 0.3 is 0 Å². The predicted octanol–water partition coefficient (Wildman–Crippen LogP) is 3.45. The molecular weight excluding hydrogens is 238 g/mol. The molecule has 19 heavy (non-hydrogen) atoms. The second-order valence-corrected chi connectivity index (χ2v) is 4.57. The van der Waals surface area contributed by atoms with Crippen LogP contribution >= 0.6 is 0 Å². The number of benzene rings is 1. The van der Waals surface area contributed by atoms with E-state index in [0.29, 0.717) is 5.89 Å². The minimum Gasteiger partial charge on any atom is -0.441 e. The molecule has 0 aliphatic carbocycles. The van der Waals surface area contributed by atoms with Crippen molar-refractivity contribution < 1.29 is 4.42 Å². The minimum atomic E-state index is 0.690. The molecule has 0 atom stereocenters. The SMILES string of the molecule is Cc1nc2cc(NCc3cnccc3C)ccc2o1. The van der Waals surface area contributed by atoms with Gasteiger partial charge in [0.1, 0.15) is 5.52 Å². The molecule has 0 spiro atoms. The first kappa shape index (κ1) is 11.7. The van der Waals surface area contributed by atoms with E-state index in [1.54, 1.807) is 0 Å². The van der Waals surface area contributed by atoms with Crippen LogP contribution in [0, 0.1) is 13.8 Å². The molecule has 1 N–H and O–H groups in total. The Morgan fingerprint density at radius 1 is 1.21 bits per heavy atom. The van der Waals surface area contributed by atoms with E-state index >= 15 is 0 Å². The van der Waals surface area contributed by atoms with Gasteiger partial charge in [-0.05, 0) is 42.3 Å². The fourth-order valence-corrected chi connectivity index (χ4v) is 2.03. The van der Waals surface area contributed by atoms with Crippen LogP contribution in [0.5, 0.6) is 0 Å². The summed E-state index contributed by atoms with van der Waals surface area (Å²) in [7, 11) is 0. The molecule has 0 saturated carbocycles. The molecule has 0 fully saturated rings. The number of oxazole rings is 1. The number of aryl methyl sites for hydroxylation is 2. The molecule has 0 unspecified atom stereocenters. The molecular formula is C15H15N3O. The number of aromatic nitrogens is 2. The lowest BCUT2D eigenvalue weighted by atomic mass is 10.1. The van der Waals surface area contributed by atoms with E-state index in [1.807, 2.05) is 43.6 Å². The highest BCUT2D eigenvalue weighted by Crippen LogP contribution is 2.20. The average Bonchev–Trinajstić information content (AvgIpc) is 2.77. The van der Waals surface area contributed by atoms with Crippen molar-refractivity contribution >= 4 is 16.8 Å². The van der Waals surface area contributed by atoms with Gasteiger partial charge in [0, 0.05) is 31.5 Å². The van der Waals surface area contributed by atoms with Gasteiger partial charge in [0.05, 0.1) is 0 Å². The van der Waals surface area contributed by atoms with Crippen molar-refractivity contribution in [2.75, 3.05) is 5.32 Å². The topological polar surface area (TPSA) is 51.0 Å². The molecule has 0 radical (unpaired) electrons. The van der Waals surface area contributed by atoms with Crippen LogP contribution in [0.1, 0.15) is 17.0 Å². The lowest BCUT2D eigenvalue weighted by Crippen LogP contribution is -2.01. The summed E-state index contributed by atoms with van der Waals surface area (Å²) in [5, 5.41) is 3.38. The number of anilines is 1. The summed E-state index contributed by atoms with van der Waals surface area (Å²) in [6, 6.07) is 7.95. The van der Waals surface area contributed by atoms with E-state index < -0.39 is 0 Å². The highest BCUT2D eigenvalue weighted by molar-refractivity contribution is 5.77. The lowest BCUT2D eigenvalue weighted by molar-refractivity contribution is 0.561. The summed E-state index contributed by atoms with van der Waals surface area (Å²) in [5.41, 5.74) is 5.16. The average molecular weight is 253 g/mol. The summed E-state index contributed by atoms with van der Waals surface area (Å²) in [6.45, 7) is 4.69. The third kappa shape index (κ3) is 2.42. The van der Waals surface area contributed by atoms with Gasteiger partial charge < -0.3 is 9.73 Å². The second-order valence-electron chi connectivity index (χ2n) is 4.57. The molecule has 4 nitrogen and oxygen atoms in total. The molecule has 4 heteroatoms. The number of nitrogens with one attached hydrogen (secondary N) is 1. The Labute approximate surface area is 111 Å². The number of fused-ring (bicyclic) bond motifs is 1. The van der Waals surface area contributed by atoms with E-state index in [2.05, 4.69) is 22.2 Å². The van der Waals surface area contributed by atoms with Gasteiger partial charge in [0.25, 0.3) is 0 Å². The molecule has 0 amide bonds. The number of hydrogen-bond donors (Lipinski definition) is 1. The quantitative estimate of drug-likeness (QED) is 0.776. The Hall–Kier alpha value is -2.36. The molecule has 96 valence electrons. The fraction of sp³-hybridized carbons (Fsp3) is 0.200. The molecule has 0 aliphatic rings. The van der Waals surface area contributed by atoms with Crippen LogP contribution in [0.4, 0.5) is 5.69 Å². The first-order valence-electron chi connectivity index (χ1n) is 6.23. The van der Waals surface area contributed by atoms with Crippen LogP contribution < -0.4 is 5.32 Å². The summed E-state index contributed by atoms with van der Waals surface area (Å²) in [5.74, 6) is 0.690. The van der Waals surface area contributed by atoms with Crippen molar-refractivity contribution in [2.45, 2.75) is 20.4 Å². The summed E-state index contributed by atoms with van der Waals surface area (Å²) in [4.78, 5) is 8.47. The number of pyridine rings is 1. The third-order valence-corrected chi connectivity index (χ3v) is 3.12.